The molecular weight excluding hydrogens is 486 g/mol. The van der Waals surface area contributed by atoms with Gasteiger partial charge in [0.25, 0.3) is 0 Å². The molecule has 8 heteroatoms. The van der Waals surface area contributed by atoms with Crippen LogP contribution in [-0.2, 0) is 9.53 Å². The number of benzene rings is 2. The normalized spacial score (nSPS) is 14.7. The number of ether oxygens (including phenoxy) is 3. The van der Waals surface area contributed by atoms with E-state index in [0.717, 1.165) is 41.8 Å². The molecule has 1 aliphatic heterocycles. The molecule has 192 valence electrons. The van der Waals surface area contributed by atoms with Gasteiger partial charge in [-0.05, 0) is 67.6 Å². The fourth-order valence-corrected chi connectivity index (χ4v) is 5.06. The molecule has 0 bridgehead atoms. The maximum atomic E-state index is 12.6. The average molecular weight is 518 g/mol. The Morgan fingerprint density at radius 2 is 1.89 bits per heavy atom. The van der Waals surface area contributed by atoms with Crippen LogP contribution in [0.2, 0.25) is 0 Å². The van der Waals surface area contributed by atoms with E-state index in [0.29, 0.717) is 34.2 Å². The average Bonchev–Trinajstić information content (AvgIpc) is 3.45. The summed E-state index contributed by atoms with van der Waals surface area (Å²) in [5.41, 5.74) is 5.94. The number of aromatic nitrogens is 1. The minimum Gasteiger partial charge on any atom is -0.493 e. The highest BCUT2D eigenvalue weighted by Crippen LogP contribution is 2.38. The van der Waals surface area contributed by atoms with Gasteiger partial charge in [0.2, 0.25) is 5.91 Å². The summed E-state index contributed by atoms with van der Waals surface area (Å²) in [4.78, 5) is 17.4. The molecule has 1 atom stereocenters. The molecule has 1 fully saturated rings. The molecule has 4 rings (SSSR count). The molecule has 0 saturated carbocycles. The Morgan fingerprint density at radius 3 is 2.57 bits per heavy atom. The lowest BCUT2D eigenvalue weighted by Gasteiger charge is -2.15. The fraction of sp³-hybridized carbons (Fsp3) is 0.345. The van der Waals surface area contributed by atoms with Crippen LogP contribution in [0, 0.1) is 25.2 Å². The highest BCUT2D eigenvalue weighted by molar-refractivity contribution is 8.00. The van der Waals surface area contributed by atoms with Crippen molar-refractivity contribution in [1.29, 1.82) is 5.26 Å². The van der Waals surface area contributed by atoms with Crippen LogP contribution in [-0.4, -0.2) is 50.1 Å². The second-order valence-electron chi connectivity index (χ2n) is 8.94. The highest BCUT2D eigenvalue weighted by Gasteiger charge is 2.20. The predicted octanol–water partition coefficient (Wildman–Crippen LogP) is 5.31. The van der Waals surface area contributed by atoms with Gasteiger partial charge in [-0.1, -0.05) is 30.0 Å². The molecule has 7 nitrogen and oxygen atoms in total. The van der Waals surface area contributed by atoms with Gasteiger partial charge in [0.15, 0.2) is 11.5 Å². The summed E-state index contributed by atoms with van der Waals surface area (Å²) < 4.78 is 16.5. The number of thioether (sulfide) groups is 1. The molecule has 1 amide bonds. The first-order valence-electron chi connectivity index (χ1n) is 12.2. The monoisotopic (exact) mass is 517 g/mol. The molecule has 0 spiro atoms. The van der Waals surface area contributed by atoms with Crippen LogP contribution in [0.15, 0.2) is 47.5 Å². The summed E-state index contributed by atoms with van der Waals surface area (Å²) in [6, 6.07) is 16.0. The van der Waals surface area contributed by atoms with E-state index in [1.807, 2.05) is 30.3 Å². The molecule has 3 aromatic rings. The van der Waals surface area contributed by atoms with Crippen LogP contribution in [0.25, 0.3) is 22.4 Å². The fourth-order valence-electron chi connectivity index (χ4n) is 4.23. The molecule has 2 heterocycles. The smallest absolute Gasteiger partial charge is 0.230 e. The number of hydrogen-bond acceptors (Lipinski definition) is 7. The molecule has 37 heavy (non-hydrogen) atoms. The Morgan fingerprint density at radius 1 is 1.11 bits per heavy atom. The van der Waals surface area contributed by atoms with Gasteiger partial charge in [0.1, 0.15) is 11.1 Å². The van der Waals surface area contributed by atoms with Gasteiger partial charge in [-0.25, -0.2) is 4.98 Å². The Labute approximate surface area is 222 Å². The van der Waals surface area contributed by atoms with Gasteiger partial charge in [-0.15, -0.1) is 0 Å². The number of carbonyl (C=O) groups is 1. The Kier molecular flexibility index (Phi) is 8.70. The van der Waals surface area contributed by atoms with Gasteiger partial charge in [0, 0.05) is 24.3 Å². The van der Waals surface area contributed by atoms with Crippen molar-refractivity contribution in [3.63, 3.8) is 0 Å². The van der Waals surface area contributed by atoms with E-state index in [1.54, 1.807) is 14.2 Å². The van der Waals surface area contributed by atoms with Crippen LogP contribution in [0.3, 0.4) is 0 Å². The van der Waals surface area contributed by atoms with Crippen LogP contribution in [0.5, 0.6) is 11.5 Å². The molecule has 1 aromatic heterocycles. The molecule has 1 N–H and O–H groups in total. The lowest BCUT2D eigenvalue weighted by atomic mass is 9.97. The zero-order chi connectivity index (χ0) is 26.4. The largest absolute Gasteiger partial charge is 0.493 e. The zero-order valence-corrected chi connectivity index (χ0v) is 22.4. The third-order valence-corrected chi connectivity index (χ3v) is 7.46. The topological polar surface area (TPSA) is 93.5 Å². The third kappa shape index (κ3) is 6.24. The number of hydrogen-bond donors (Lipinski definition) is 1. The maximum absolute atomic E-state index is 12.6. The van der Waals surface area contributed by atoms with E-state index < -0.39 is 0 Å². The minimum atomic E-state index is -0.115. The van der Waals surface area contributed by atoms with Crippen molar-refractivity contribution >= 4 is 17.7 Å². The SMILES string of the molecule is COc1ccc(-c2cc(-c3ccc(C)c(C)c3)nc(SCC(=O)NC[C@H]3CCCO3)c2C#N)cc1OC. The summed E-state index contributed by atoms with van der Waals surface area (Å²) in [6.07, 6.45) is 2.06. The number of nitrogens with zero attached hydrogens (tertiary/aromatic N) is 2. The summed E-state index contributed by atoms with van der Waals surface area (Å²) >= 11 is 1.26. The Bertz CT molecular complexity index is 1330. The number of methoxy groups -OCH3 is 2. The van der Waals surface area contributed by atoms with Gasteiger partial charge in [-0.3, -0.25) is 4.79 Å². The Hall–Kier alpha value is -3.54. The van der Waals surface area contributed by atoms with E-state index in [2.05, 4.69) is 37.4 Å². The summed E-state index contributed by atoms with van der Waals surface area (Å²) in [5.74, 6) is 1.20. The molecule has 0 radical (unpaired) electrons. The second-order valence-corrected chi connectivity index (χ2v) is 9.91. The van der Waals surface area contributed by atoms with Crippen molar-refractivity contribution < 1.29 is 19.0 Å². The van der Waals surface area contributed by atoms with E-state index >= 15 is 0 Å². The number of pyridine rings is 1. The van der Waals surface area contributed by atoms with Crippen molar-refractivity contribution in [1.82, 2.24) is 10.3 Å². The number of nitriles is 1. The number of carbonyl (C=O) groups excluding carboxylic acids is 1. The minimum absolute atomic E-state index is 0.0755. The van der Waals surface area contributed by atoms with E-state index in [4.69, 9.17) is 19.2 Å². The number of rotatable bonds is 9. The van der Waals surface area contributed by atoms with Crippen molar-refractivity contribution in [2.24, 2.45) is 0 Å². The van der Waals surface area contributed by atoms with Crippen molar-refractivity contribution in [3.05, 3.63) is 59.2 Å². The molecule has 1 saturated heterocycles. The maximum Gasteiger partial charge on any atom is 0.230 e. The van der Waals surface area contributed by atoms with Crippen molar-refractivity contribution in [2.45, 2.75) is 37.8 Å². The third-order valence-electron chi connectivity index (χ3n) is 6.49. The highest BCUT2D eigenvalue weighted by atomic mass is 32.2. The zero-order valence-electron chi connectivity index (χ0n) is 21.6. The first-order valence-corrected chi connectivity index (χ1v) is 13.2. The number of nitrogens with one attached hydrogen (secondary N) is 1. The first kappa shape index (κ1) is 26.5. The van der Waals surface area contributed by atoms with Crippen molar-refractivity contribution in [2.75, 3.05) is 33.1 Å². The lowest BCUT2D eigenvalue weighted by Crippen LogP contribution is -2.32. The van der Waals surface area contributed by atoms with Crippen LogP contribution < -0.4 is 14.8 Å². The molecular formula is C29H31N3O4S. The van der Waals surface area contributed by atoms with Gasteiger partial charge < -0.3 is 19.5 Å². The lowest BCUT2D eigenvalue weighted by molar-refractivity contribution is -0.119. The second kappa shape index (κ2) is 12.1. The van der Waals surface area contributed by atoms with Gasteiger partial charge in [-0.2, -0.15) is 5.26 Å². The first-order chi connectivity index (χ1) is 17.9. The van der Waals surface area contributed by atoms with E-state index in [-0.39, 0.29) is 17.8 Å². The summed E-state index contributed by atoms with van der Waals surface area (Å²) in [7, 11) is 3.16. The van der Waals surface area contributed by atoms with Crippen LogP contribution >= 0.6 is 11.8 Å². The number of amides is 1. The molecule has 0 unspecified atom stereocenters. The van der Waals surface area contributed by atoms with Gasteiger partial charge >= 0.3 is 0 Å². The van der Waals surface area contributed by atoms with E-state index in [1.165, 1.54) is 17.3 Å². The predicted molar refractivity (Wildman–Crippen MR) is 145 cm³/mol. The quantitative estimate of drug-likeness (QED) is 0.385. The summed E-state index contributed by atoms with van der Waals surface area (Å²) in [5, 5.41) is 13.6. The standard InChI is InChI=1S/C29H31N3O4S/c1-18-7-8-21(12-19(18)2)25-14-23(20-9-10-26(34-3)27(13-20)35-4)24(15-30)29(32-25)37-17-28(33)31-16-22-6-5-11-36-22/h7-10,12-14,22H,5-6,11,16-17H2,1-4H3,(H,31,33)/t22-/m1/s1. The van der Waals surface area contributed by atoms with E-state index in [9.17, 15) is 10.1 Å². The number of aryl methyl sites for hydroxylation is 2. The molecule has 1 aliphatic rings. The Balaban J connectivity index is 1.71. The summed E-state index contributed by atoms with van der Waals surface area (Å²) in [6.45, 7) is 5.37. The molecule has 2 aromatic carbocycles. The van der Waals surface area contributed by atoms with Crippen LogP contribution in [0.1, 0.15) is 29.5 Å². The van der Waals surface area contributed by atoms with Crippen LogP contribution in [0.4, 0.5) is 0 Å². The van der Waals surface area contributed by atoms with Gasteiger partial charge in [0.05, 0.1) is 37.3 Å². The molecule has 0 aliphatic carbocycles. The van der Waals surface area contributed by atoms with Crippen molar-refractivity contribution in [3.8, 4) is 40.0 Å².